The average Bonchev–Trinajstić information content (AvgIpc) is 2.65. The van der Waals surface area contributed by atoms with Gasteiger partial charge in [-0.1, -0.05) is 48.3 Å². The van der Waals surface area contributed by atoms with Crippen molar-refractivity contribution in [2.24, 2.45) is 0 Å². The van der Waals surface area contributed by atoms with Crippen LogP contribution in [0.2, 0.25) is 10.0 Å². The number of carbonyl (C=O) groups excluding carboxylic acids is 2. The minimum absolute atomic E-state index is 0.0375. The highest BCUT2D eigenvalue weighted by Crippen LogP contribution is 2.27. The van der Waals surface area contributed by atoms with Gasteiger partial charge in [0.25, 0.3) is 0 Å². The number of amides is 2. The van der Waals surface area contributed by atoms with Gasteiger partial charge in [-0.15, -0.1) is 0 Å². The summed E-state index contributed by atoms with van der Waals surface area (Å²) >= 11 is 12.5. The van der Waals surface area contributed by atoms with Crippen LogP contribution in [-0.2, 0) is 22.6 Å². The van der Waals surface area contributed by atoms with E-state index in [1.807, 2.05) is 6.92 Å². The number of halogens is 3. The molecule has 0 spiro atoms. The minimum Gasteiger partial charge on any atom is -0.357 e. The molecule has 0 aliphatic heterocycles. The van der Waals surface area contributed by atoms with Crippen LogP contribution in [0.5, 0.6) is 0 Å². The summed E-state index contributed by atoms with van der Waals surface area (Å²) in [5.41, 5.74) is 1.24. The average molecular weight is 411 g/mol. The molecule has 2 aromatic rings. The number of likely N-dealkylation sites (N-methyl/N-ethyl adjacent to an activating group) is 1. The number of hydrogen-bond acceptors (Lipinski definition) is 2. The Labute approximate surface area is 168 Å². The quantitative estimate of drug-likeness (QED) is 0.742. The Morgan fingerprint density at radius 3 is 2.22 bits per heavy atom. The molecule has 4 nitrogen and oxygen atoms in total. The predicted octanol–water partition coefficient (Wildman–Crippen LogP) is 4.23. The van der Waals surface area contributed by atoms with Gasteiger partial charge in [-0.2, -0.15) is 0 Å². The van der Waals surface area contributed by atoms with Gasteiger partial charge in [-0.05, 0) is 36.2 Å². The molecule has 0 aromatic heterocycles. The van der Waals surface area contributed by atoms with Crippen molar-refractivity contribution in [2.45, 2.75) is 32.4 Å². The summed E-state index contributed by atoms with van der Waals surface area (Å²) in [5, 5.41) is 3.44. The Bertz CT molecular complexity index is 792. The first-order valence-corrected chi connectivity index (χ1v) is 9.31. The fourth-order valence-electron chi connectivity index (χ4n) is 2.82. The van der Waals surface area contributed by atoms with Crippen LogP contribution in [0.15, 0.2) is 42.5 Å². The summed E-state index contributed by atoms with van der Waals surface area (Å²) in [4.78, 5) is 26.8. The largest absolute Gasteiger partial charge is 0.357 e. The Hall–Kier alpha value is -2.11. The normalized spacial score (nSPS) is 11.7. The van der Waals surface area contributed by atoms with Gasteiger partial charge < -0.3 is 10.2 Å². The van der Waals surface area contributed by atoms with E-state index in [1.165, 1.54) is 24.1 Å². The number of carbonyl (C=O) groups is 2. The van der Waals surface area contributed by atoms with Gasteiger partial charge >= 0.3 is 0 Å². The van der Waals surface area contributed by atoms with Crippen LogP contribution in [0.25, 0.3) is 0 Å². The van der Waals surface area contributed by atoms with E-state index in [0.717, 1.165) is 0 Å². The monoisotopic (exact) mass is 410 g/mol. The highest BCUT2D eigenvalue weighted by Gasteiger charge is 2.29. The van der Waals surface area contributed by atoms with Gasteiger partial charge in [-0.25, -0.2) is 4.39 Å². The zero-order valence-electron chi connectivity index (χ0n) is 15.1. The fourth-order valence-corrected chi connectivity index (χ4v) is 3.34. The zero-order valence-corrected chi connectivity index (χ0v) is 16.6. The first-order chi connectivity index (χ1) is 12.9. The SMILES string of the molecule is CC[C@H](C(=O)NC)N(Cc1c(Cl)cccc1Cl)C(=O)Cc1ccc(F)cc1. The second-order valence-corrected chi connectivity index (χ2v) is 6.88. The predicted molar refractivity (Wildman–Crippen MR) is 105 cm³/mol. The van der Waals surface area contributed by atoms with Crippen molar-refractivity contribution in [3.05, 3.63) is 69.5 Å². The highest BCUT2D eigenvalue weighted by molar-refractivity contribution is 6.36. The lowest BCUT2D eigenvalue weighted by Crippen LogP contribution is -2.48. The molecule has 0 radical (unpaired) electrons. The molecular formula is C20H21Cl2FN2O2. The maximum Gasteiger partial charge on any atom is 0.242 e. The maximum absolute atomic E-state index is 13.1. The van der Waals surface area contributed by atoms with Crippen molar-refractivity contribution < 1.29 is 14.0 Å². The molecule has 144 valence electrons. The van der Waals surface area contributed by atoms with Crippen molar-refractivity contribution in [1.29, 1.82) is 0 Å². The number of rotatable bonds is 7. The van der Waals surface area contributed by atoms with E-state index in [4.69, 9.17) is 23.2 Å². The molecule has 2 aromatic carbocycles. The Kier molecular flexibility index (Phi) is 7.63. The number of hydrogen-bond donors (Lipinski definition) is 1. The van der Waals surface area contributed by atoms with Gasteiger partial charge in [0.15, 0.2) is 0 Å². The molecule has 0 bridgehead atoms. The molecule has 0 heterocycles. The summed E-state index contributed by atoms with van der Waals surface area (Å²) in [5.74, 6) is -0.913. The molecular weight excluding hydrogens is 390 g/mol. The Morgan fingerprint density at radius 2 is 1.70 bits per heavy atom. The molecule has 0 aliphatic carbocycles. The Morgan fingerprint density at radius 1 is 1.11 bits per heavy atom. The van der Waals surface area contributed by atoms with Crippen LogP contribution < -0.4 is 5.32 Å². The van der Waals surface area contributed by atoms with E-state index in [-0.39, 0.29) is 30.6 Å². The summed E-state index contributed by atoms with van der Waals surface area (Å²) in [7, 11) is 1.52. The summed E-state index contributed by atoms with van der Waals surface area (Å²) in [6.45, 7) is 1.93. The van der Waals surface area contributed by atoms with Crippen molar-refractivity contribution in [1.82, 2.24) is 10.2 Å². The van der Waals surface area contributed by atoms with Crippen LogP contribution in [-0.4, -0.2) is 29.8 Å². The third-order valence-electron chi connectivity index (χ3n) is 4.29. The van der Waals surface area contributed by atoms with E-state index in [1.54, 1.807) is 30.3 Å². The molecule has 2 amide bonds. The van der Waals surface area contributed by atoms with Gasteiger partial charge in [0.05, 0.1) is 6.42 Å². The maximum atomic E-state index is 13.1. The third-order valence-corrected chi connectivity index (χ3v) is 5.00. The number of benzene rings is 2. The van der Waals surface area contributed by atoms with E-state index in [2.05, 4.69) is 5.32 Å². The first kappa shape index (κ1) is 21.2. The van der Waals surface area contributed by atoms with Gasteiger partial charge in [0.1, 0.15) is 11.9 Å². The van der Waals surface area contributed by atoms with E-state index >= 15 is 0 Å². The Balaban J connectivity index is 2.34. The molecule has 0 saturated carbocycles. The fraction of sp³-hybridized carbons (Fsp3) is 0.300. The van der Waals surface area contributed by atoms with E-state index in [9.17, 15) is 14.0 Å². The topological polar surface area (TPSA) is 49.4 Å². The second-order valence-electron chi connectivity index (χ2n) is 6.06. The molecule has 1 N–H and O–H groups in total. The van der Waals surface area contributed by atoms with Gasteiger partial charge in [0, 0.05) is 29.2 Å². The summed E-state index contributed by atoms with van der Waals surface area (Å²) in [6, 6.07) is 10.1. The van der Waals surface area contributed by atoms with Crippen molar-refractivity contribution in [3.8, 4) is 0 Å². The lowest BCUT2D eigenvalue weighted by molar-refractivity contribution is -0.140. The van der Waals surface area contributed by atoms with Crippen LogP contribution >= 0.6 is 23.2 Å². The van der Waals surface area contributed by atoms with Gasteiger partial charge in [-0.3, -0.25) is 9.59 Å². The lowest BCUT2D eigenvalue weighted by Gasteiger charge is -2.31. The highest BCUT2D eigenvalue weighted by atomic mass is 35.5. The molecule has 0 saturated heterocycles. The second kappa shape index (κ2) is 9.72. The minimum atomic E-state index is -0.671. The first-order valence-electron chi connectivity index (χ1n) is 8.55. The lowest BCUT2D eigenvalue weighted by atomic mass is 10.1. The summed E-state index contributed by atoms with van der Waals surface area (Å²) < 4.78 is 13.1. The third kappa shape index (κ3) is 5.44. The zero-order chi connectivity index (χ0) is 20.0. The van der Waals surface area contributed by atoms with Crippen molar-refractivity contribution >= 4 is 35.0 Å². The molecule has 1 atom stereocenters. The molecule has 27 heavy (non-hydrogen) atoms. The van der Waals surface area contributed by atoms with Crippen LogP contribution in [0.3, 0.4) is 0 Å². The standard InChI is InChI=1S/C20H21Cl2FN2O2/c1-3-18(20(27)24-2)25(12-15-16(21)5-4-6-17(15)22)19(26)11-13-7-9-14(23)10-8-13/h4-10,18H,3,11-12H2,1-2H3,(H,24,27)/t18-/m1/s1. The summed E-state index contributed by atoms with van der Waals surface area (Å²) in [6.07, 6.45) is 0.465. The number of nitrogens with one attached hydrogen (secondary N) is 1. The molecule has 0 fully saturated rings. The van der Waals surface area contributed by atoms with Crippen molar-refractivity contribution in [3.63, 3.8) is 0 Å². The van der Waals surface area contributed by atoms with E-state index in [0.29, 0.717) is 27.6 Å². The van der Waals surface area contributed by atoms with Crippen LogP contribution in [0.4, 0.5) is 4.39 Å². The molecule has 0 unspecified atom stereocenters. The molecule has 2 rings (SSSR count). The van der Waals surface area contributed by atoms with Crippen LogP contribution in [0, 0.1) is 5.82 Å². The van der Waals surface area contributed by atoms with E-state index < -0.39 is 6.04 Å². The molecule has 0 aliphatic rings. The molecule has 7 heteroatoms. The number of nitrogens with zero attached hydrogens (tertiary/aromatic N) is 1. The smallest absolute Gasteiger partial charge is 0.242 e. The van der Waals surface area contributed by atoms with Crippen molar-refractivity contribution in [2.75, 3.05) is 7.05 Å². The van der Waals surface area contributed by atoms with Gasteiger partial charge in [0.2, 0.25) is 11.8 Å². The van der Waals surface area contributed by atoms with Crippen LogP contribution in [0.1, 0.15) is 24.5 Å².